The molecule has 0 spiro atoms. The van der Waals surface area contributed by atoms with E-state index in [1.54, 1.807) is 6.08 Å². The fraction of sp³-hybridized carbons (Fsp3) is 0.892. The molecule has 2 heterocycles. The third-order valence-electron chi connectivity index (χ3n) is 16.1. The Bertz CT molecular complexity index is 1460. The van der Waals surface area contributed by atoms with Gasteiger partial charge in [-0.05, 0) is 51.4 Å². The van der Waals surface area contributed by atoms with Gasteiger partial charge < -0.3 is 65.1 Å². The van der Waals surface area contributed by atoms with Crippen molar-refractivity contribution < 1.29 is 64.6 Å². The van der Waals surface area contributed by atoms with Crippen LogP contribution in [0.25, 0.3) is 0 Å². The Balaban J connectivity index is 1.52. The van der Waals surface area contributed by atoms with Crippen LogP contribution in [0.4, 0.5) is 0 Å². The van der Waals surface area contributed by atoms with Crippen molar-refractivity contribution in [2.24, 2.45) is 0 Å². The summed E-state index contributed by atoms with van der Waals surface area (Å²) in [4.78, 5) is 13.2. The van der Waals surface area contributed by atoms with Crippen molar-refractivity contribution in [1.82, 2.24) is 5.32 Å². The highest BCUT2D eigenvalue weighted by molar-refractivity contribution is 5.76. The van der Waals surface area contributed by atoms with Crippen LogP contribution in [0, 0.1) is 0 Å². The third-order valence-corrected chi connectivity index (χ3v) is 16.1. The standard InChI is InChI=1S/C65H121NO13/c1-3-5-7-9-11-13-14-15-16-17-18-19-20-21-22-23-24-25-26-27-28-29-30-31-32-33-34-35-36-37-38-39-40-41-43-45-47-49-57(70)66-53(54(69)48-46-44-42-12-10-8-6-4-2)52-76-64-62(75)60(73)63(56(51-68)78-64)79-65-61(74)59(72)58(71)55(50-67)77-65/h14-15,17-18,46,48,53-56,58-65,67-69,71-75H,3-13,16,19-45,47,49-52H2,1-2H3,(H,66,70)/b15-14-,18-17-,48-46+. The van der Waals surface area contributed by atoms with E-state index in [1.165, 1.54) is 199 Å². The molecule has 14 nitrogen and oxygen atoms in total. The van der Waals surface area contributed by atoms with Crippen LogP contribution < -0.4 is 5.32 Å². The largest absolute Gasteiger partial charge is 0.394 e. The first-order valence-electron chi connectivity index (χ1n) is 32.7. The van der Waals surface area contributed by atoms with Crippen LogP contribution in [0.2, 0.25) is 0 Å². The van der Waals surface area contributed by atoms with E-state index in [-0.39, 0.29) is 18.9 Å². The molecule has 12 unspecified atom stereocenters. The van der Waals surface area contributed by atoms with Gasteiger partial charge in [-0.1, -0.05) is 256 Å². The van der Waals surface area contributed by atoms with Gasteiger partial charge in [-0.25, -0.2) is 0 Å². The van der Waals surface area contributed by atoms with E-state index in [2.05, 4.69) is 43.5 Å². The van der Waals surface area contributed by atoms with Gasteiger partial charge in [-0.2, -0.15) is 0 Å². The first-order chi connectivity index (χ1) is 38.6. The number of hydrogen-bond acceptors (Lipinski definition) is 13. The topological polar surface area (TPSA) is 228 Å². The maximum absolute atomic E-state index is 13.2. The van der Waals surface area contributed by atoms with Crippen molar-refractivity contribution in [1.29, 1.82) is 0 Å². The van der Waals surface area contributed by atoms with Gasteiger partial charge in [0.25, 0.3) is 0 Å². The summed E-state index contributed by atoms with van der Waals surface area (Å²) in [5, 5.41) is 86.8. The number of aliphatic hydroxyl groups excluding tert-OH is 8. The van der Waals surface area contributed by atoms with Crippen LogP contribution in [-0.2, 0) is 23.7 Å². The van der Waals surface area contributed by atoms with Crippen molar-refractivity contribution in [2.75, 3.05) is 19.8 Å². The van der Waals surface area contributed by atoms with Gasteiger partial charge in [0.15, 0.2) is 12.6 Å². The number of aliphatic hydroxyl groups is 8. The molecule has 0 bridgehead atoms. The van der Waals surface area contributed by atoms with Gasteiger partial charge in [0.05, 0.1) is 32.0 Å². The van der Waals surface area contributed by atoms with E-state index in [1.807, 2.05) is 6.08 Å². The molecule has 0 aromatic heterocycles. The minimum atomic E-state index is -1.79. The lowest BCUT2D eigenvalue weighted by Crippen LogP contribution is -2.65. The number of carbonyl (C=O) groups is 1. The van der Waals surface area contributed by atoms with E-state index in [4.69, 9.17) is 18.9 Å². The molecule has 0 saturated carbocycles. The number of carbonyl (C=O) groups excluding carboxylic acids is 1. The summed E-state index contributed by atoms with van der Waals surface area (Å²) in [5.74, 6) is -0.239. The van der Waals surface area contributed by atoms with E-state index in [9.17, 15) is 45.6 Å². The Morgan fingerprint density at radius 2 is 0.835 bits per heavy atom. The molecule has 2 saturated heterocycles. The summed E-state index contributed by atoms with van der Waals surface area (Å²) in [5.41, 5.74) is 0. The highest BCUT2D eigenvalue weighted by Gasteiger charge is 2.51. The van der Waals surface area contributed by atoms with Crippen LogP contribution in [0.15, 0.2) is 36.5 Å². The number of hydrogen-bond donors (Lipinski definition) is 9. The molecular weight excluding hydrogens is 1000 g/mol. The summed E-state index contributed by atoms with van der Waals surface area (Å²) in [6.45, 7) is 2.75. The summed E-state index contributed by atoms with van der Waals surface area (Å²) < 4.78 is 22.7. The molecule has 9 N–H and O–H groups in total. The smallest absolute Gasteiger partial charge is 0.220 e. The van der Waals surface area contributed by atoms with Crippen LogP contribution in [0.5, 0.6) is 0 Å². The molecule has 14 heteroatoms. The molecule has 1 amide bonds. The molecule has 0 aliphatic carbocycles. The molecule has 464 valence electrons. The zero-order chi connectivity index (χ0) is 57.4. The first kappa shape index (κ1) is 73.3. The van der Waals surface area contributed by atoms with Crippen molar-refractivity contribution in [3.05, 3.63) is 36.5 Å². The fourth-order valence-corrected chi connectivity index (χ4v) is 10.8. The maximum Gasteiger partial charge on any atom is 0.220 e. The van der Waals surface area contributed by atoms with Crippen LogP contribution >= 0.6 is 0 Å². The lowest BCUT2D eigenvalue weighted by Gasteiger charge is -2.46. The van der Waals surface area contributed by atoms with Gasteiger partial charge in [-0.3, -0.25) is 4.79 Å². The van der Waals surface area contributed by atoms with Gasteiger partial charge in [0.2, 0.25) is 5.91 Å². The number of unbranched alkanes of at least 4 members (excludes halogenated alkanes) is 36. The summed E-state index contributed by atoms with van der Waals surface area (Å²) in [6.07, 6.45) is 46.9. The number of allylic oxidation sites excluding steroid dienone is 5. The molecule has 2 rings (SSSR count). The highest BCUT2D eigenvalue weighted by Crippen LogP contribution is 2.30. The van der Waals surface area contributed by atoms with E-state index in [0.717, 1.165) is 51.4 Å². The lowest BCUT2D eigenvalue weighted by atomic mass is 9.97. The zero-order valence-electron chi connectivity index (χ0n) is 50.1. The van der Waals surface area contributed by atoms with Gasteiger partial charge in [0.1, 0.15) is 48.8 Å². The second-order valence-electron chi connectivity index (χ2n) is 23.2. The van der Waals surface area contributed by atoms with Crippen molar-refractivity contribution >= 4 is 5.91 Å². The Hall–Kier alpha value is -1.79. The molecule has 79 heavy (non-hydrogen) atoms. The normalized spacial score (nSPS) is 24.6. The second-order valence-corrected chi connectivity index (χ2v) is 23.2. The van der Waals surface area contributed by atoms with Gasteiger partial charge in [0, 0.05) is 6.42 Å². The van der Waals surface area contributed by atoms with Crippen LogP contribution in [0.1, 0.15) is 277 Å². The molecular formula is C65H121NO13. The molecule has 0 radical (unpaired) electrons. The minimum absolute atomic E-state index is 0.239. The fourth-order valence-electron chi connectivity index (χ4n) is 10.8. The second kappa shape index (κ2) is 50.7. The van der Waals surface area contributed by atoms with Crippen molar-refractivity contribution in [3.8, 4) is 0 Å². The van der Waals surface area contributed by atoms with Crippen molar-refractivity contribution in [2.45, 2.75) is 351 Å². The Morgan fingerprint density at radius 3 is 1.27 bits per heavy atom. The van der Waals surface area contributed by atoms with Crippen LogP contribution in [-0.4, -0.2) is 140 Å². The highest BCUT2D eigenvalue weighted by atomic mass is 16.7. The first-order valence-corrected chi connectivity index (χ1v) is 32.7. The number of ether oxygens (including phenoxy) is 4. The molecule has 2 fully saturated rings. The Kier molecular flexibility index (Phi) is 47.0. The maximum atomic E-state index is 13.2. The predicted octanol–water partition coefficient (Wildman–Crippen LogP) is 12.2. The van der Waals surface area contributed by atoms with Gasteiger partial charge >= 0.3 is 0 Å². The summed E-state index contributed by atoms with van der Waals surface area (Å²) in [6, 6.07) is -0.909. The molecule has 0 aromatic carbocycles. The Morgan fingerprint density at radius 1 is 0.456 bits per heavy atom. The van der Waals surface area contributed by atoms with Crippen molar-refractivity contribution in [3.63, 3.8) is 0 Å². The molecule has 0 aromatic rings. The average Bonchev–Trinajstić information content (AvgIpc) is 3.47. The quantitative estimate of drug-likeness (QED) is 0.0204. The monoisotopic (exact) mass is 1120 g/mol. The Labute approximate surface area is 481 Å². The minimum Gasteiger partial charge on any atom is -0.394 e. The lowest BCUT2D eigenvalue weighted by molar-refractivity contribution is -0.359. The average molecular weight is 1120 g/mol. The third kappa shape index (κ3) is 35.8. The van der Waals surface area contributed by atoms with Gasteiger partial charge in [-0.15, -0.1) is 0 Å². The number of nitrogens with one attached hydrogen (secondary N) is 1. The van der Waals surface area contributed by atoms with Crippen LogP contribution in [0.3, 0.4) is 0 Å². The van der Waals surface area contributed by atoms with E-state index >= 15 is 0 Å². The summed E-state index contributed by atoms with van der Waals surface area (Å²) >= 11 is 0. The number of rotatable bonds is 53. The van der Waals surface area contributed by atoms with E-state index in [0.29, 0.717) is 6.42 Å². The molecule has 12 atom stereocenters. The molecule has 2 aliphatic rings. The summed E-state index contributed by atoms with van der Waals surface area (Å²) in [7, 11) is 0. The molecule has 2 aliphatic heterocycles. The zero-order valence-corrected chi connectivity index (χ0v) is 50.1. The predicted molar refractivity (Wildman–Crippen MR) is 318 cm³/mol. The SMILES string of the molecule is CCCCCCC/C=C\C/C=C\CCCCCCCCCCCCCCCCCCCCCCCCCCCC(=O)NC(COC1OC(CO)C(OC2OC(CO)C(O)C(O)C2O)C(O)C1O)C(O)/C=C/CCCCCCCC. The van der Waals surface area contributed by atoms with E-state index < -0.39 is 86.8 Å². The number of amides is 1.